The van der Waals surface area contributed by atoms with Crippen LogP contribution >= 0.6 is 0 Å². The van der Waals surface area contributed by atoms with Gasteiger partial charge in [0.05, 0.1) is 5.69 Å². The molecule has 0 spiro atoms. The van der Waals surface area contributed by atoms with Crippen LogP contribution in [0.2, 0.25) is 0 Å². The van der Waals surface area contributed by atoms with Crippen molar-refractivity contribution in [2.45, 2.75) is 76.8 Å². The number of nitrogens with one attached hydrogen (secondary N) is 2. The fourth-order valence-corrected chi connectivity index (χ4v) is 4.07. The van der Waals surface area contributed by atoms with Gasteiger partial charge in [-0.2, -0.15) is 0 Å². The third kappa shape index (κ3) is 5.09. The third-order valence-electron chi connectivity index (χ3n) is 5.54. The van der Waals surface area contributed by atoms with Crippen LogP contribution in [-0.2, 0) is 17.7 Å². The Morgan fingerprint density at radius 3 is 2.63 bits per heavy atom. The van der Waals surface area contributed by atoms with Crippen LogP contribution < -0.4 is 10.6 Å². The molecule has 1 aromatic heterocycles. The van der Waals surface area contributed by atoms with Crippen molar-refractivity contribution >= 4 is 11.8 Å². The Morgan fingerprint density at radius 1 is 1.11 bits per heavy atom. The number of methoxy groups -OCH3 is 1. The van der Waals surface area contributed by atoms with Gasteiger partial charge < -0.3 is 19.9 Å². The molecule has 0 unspecified atom stereocenters. The van der Waals surface area contributed by atoms with E-state index in [9.17, 15) is 9.59 Å². The maximum Gasteiger partial charge on any atom is 0.287 e. The summed E-state index contributed by atoms with van der Waals surface area (Å²) in [4.78, 5) is 30.0. The lowest BCUT2D eigenvalue weighted by Gasteiger charge is -2.18. The number of carbonyl (C=O) groups excluding carboxylic acids is 2. The van der Waals surface area contributed by atoms with E-state index >= 15 is 0 Å². The SMILES string of the molecule is COCCCNC(=O)c1nc(C(=O)NC2CCCCCC2)c2n1CCCC2. The number of imidazole rings is 1. The maximum atomic E-state index is 12.9. The van der Waals surface area contributed by atoms with Crippen LogP contribution in [0, 0.1) is 0 Å². The Labute approximate surface area is 161 Å². The first-order chi connectivity index (χ1) is 13.2. The minimum atomic E-state index is -0.206. The van der Waals surface area contributed by atoms with Crippen molar-refractivity contribution in [2.75, 3.05) is 20.3 Å². The maximum absolute atomic E-state index is 12.9. The van der Waals surface area contributed by atoms with Gasteiger partial charge >= 0.3 is 0 Å². The molecule has 0 radical (unpaired) electrons. The summed E-state index contributed by atoms with van der Waals surface area (Å²) in [5.41, 5.74) is 1.36. The van der Waals surface area contributed by atoms with Crippen molar-refractivity contribution < 1.29 is 14.3 Å². The van der Waals surface area contributed by atoms with Gasteiger partial charge in [0.25, 0.3) is 11.8 Å². The van der Waals surface area contributed by atoms with Crippen LogP contribution in [0.25, 0.3) is 0 Å². The van der Waals surface area contributed by atoms with Gasteiger partial charge in [0.2, 0.25) is 0 Å². The quantitative estimate of drug-likeness (QED) is 0.565. The summed E-state index contributed by atoms with van der Waals surface area (Å²) in [6.45, 7) is 1.90. The standard InChI is InChI=1S/C20H32N4O3/c1-27-14-8-12-21-20(26)18-23-17(16-11-6-7-13-24(16)18)19(25)22-15-9-4-2-3-5-10-15/h15H,2-14H2,1H3,(H,21,26)(H,22,25). The van der Waals surface area contributed by atoms with E-state index in [4.69, 9.17) is 4.74 Å². The van der Waals surface area contributed by atoms with Crippen molar-refractivity contribution in [2.24, 2.45) is 0 Å². The molecule has 2 N–H and O–H groups in total. The van der Waals surface area contributed by atoms with Crippen LogP contribution in [0.5, 0.6) is 0 Å². The molecule has 1 fully saturated rings. The molecule has 1 aliphatic carbocycles. The van der Waals surface area contributed by atoms with Crippen molar-refractivity contribution in [3.05, 3.63) is 17.2 Å². The first-order valence-electron chi connectivity index (χ1n) is 10.4. The van der Waals surface area contributed by atoms with Crippen LogP contribution in [0.15, 0.2) is 0 Å². The smallest absolute Gasteiger partial charge is 0.287 e. The summed E-state index contributed by atoms with van der Waals surface area (Å²) in [7, 11) is 1.64. The Hall–Kier alpha value is -1.89. The Kier molecular flexibility index (Phi) is 7.26. The molecule has 1 aromatic rings. The van der Waals surface area contributed by atoms with Crippen molar-refractivity contribution in [3.63, 3.8) is 0 Å². The van der Waals surface area contributed by atoms with Crippen LogP contribution in [0.1, 0.15) is 84.6 Å². The zero-order valence-electron chi connectivity index (χ0n) is 16.4. The van der Waals surface area contributed by atoms with E-state index < -0.39 is 0 Å². The highest BCUT2D eigenvalue weighted by molar-refractivity contribution is 5.97. The lowest BCUT2D eigenvalue weighted by molar-refractivity contribution is 0.0927. The zero-order chi connectivity index (χ0) is 19.1. The van der Waals surface area contributed by atoms with E-state index in [-0.39, 0.29) is 17.9 Å². The van der Waals surface area contributed by atoms with Crippen LogP contribution in [0.3, 0.4) is 0 Å². The van der Waals surface area contributed by atoms with Gasteiger partial charge in [-0.25, -0.2) is 4.98 Å². The molecule has 2 aliphatic rings. The third-order valence-corrected chi connectivity index (χ3v) is 5.54. The van der Waals surface area contributed by atoms with Crippen LogP contribution in [0.4, 0.5) is 0 Å². The minimum Gasteiger partial charge on any atom is -0.385 e. The van der Waals surface area contributed by atoms with Crippen molar-refractivity contribution in [3.8, 4) is 0 Å². The zero-order valence-corrected chi connectivity index (χ0v) is 16.4. The Balaban J connectivity index is 1.72. The van der Waals surface area contributed by atoms with Gasteiger partial charge in [0.15, 0.2) is 5.82 Å². The number of nitrogens with zero attached hydrogens (tertiary/aromatic N) is 2. The normalized spacial score (nSPS) is 17.8. The number of ether oxygens (including phenoxy) is 1. The number of amides is 2. The first-order valence-corrected chi connectivity index (χ1v) is 10.4. The van der Waals surface area contributed by atoms with Gasteiger partial charge in [0, 0.05) is 32.8 Å². The highest BCUT2D eigenvalue weighted by Crippen LogP contribution is 2.22. The van der Waals surface area contributed by atoms with Gasteiger partial charge in [-0.1, -0.05) is 25.7 Å². The first kappa shape index (κ1) is 19.9. The van der Waals surface area contributed by atoms with Gasteiger partial charge in [-0.15, -0.1) is 0 Å². The second-order valence-corrected chi connectivity index (χ2v) is 7.60. The average molecular weight is 377 g/mol. The lowest BCUT2D eigenvalue weighted by atomic mass is 10.1. The van der Waals surface area contributed by atoms with Crippen molar-refractivity contribution in [1.29, 1.82) is 0 Å². The predicted molar refractivity (Wildman–Crippen MR) is 103 cm³/mol. The van der Waals surface area contributed by atoms with E-state index in [1.54, 1.807) is 7.11 Å². The number of hydrogen-bond donors (Lipinski definition) is 2. The lowest BCUT2D eigenvalue weighted by Crippen LogP contribution is -2.35. The number of aromatic nitrogens is 2. The van der Waals surface area contributed by atoms with Gasteiger partial charge in [-0.05, 0) is 38.5 Å². The molecule has 0 bridgehead atoms. The van der Waals surface area contributed by atoms with E-state index in [2.05, 4.69) is 15.6 Å². The Bertz CT molecular complexity index is 648. The highest BCUT2D eigenvalue weighted by Gasteiger charge is 2.28. The molecular weight excluding hydrogens is 344 g/mol. The summed E-state index contributed by atoms with van der Waals surface area (Å²) in [6.07, 6.45) is 10.5. The average Bonchev–Trinajstić information content (AvgIpc) is 2.88. The molecule has 1 aliphatic heterocycles. The molecule has 1 saturated carbocycles. The molecule has 0 saturated heterocycles. The van der Waals surface area contributed by atoms with Crippen LogP contribution in [-0.4, -0.2) is 47.7 Å². The fourth-order valence-electron chi connectivity index (χ4n) is 4.07. The van der Waals surface area contributed by atoms with Gasteiger partial charge in [0.1, 0.15) is 5.69 Å². The molecule has 3 rings (SSSR count). The number of fused-ring (bicyclic) bond motifs is 1. The van der Waals surface area contributed by atoms with E-state index in [1.807, 2.05) is 4.57 Å². The molecule has 7 heteroatoms. The second-order valence-electron chi connectivity index (χ2n) is 7.60. The molecule has 150 valence electrons. The molecule has 2 heterocycles. The fraction of sp³-hybridized carbons (Fsp3) is 0.750. The summed E-state index contributed by atoms with van der Waals surface area (Å²) < 4.78 is 6.95. The number of hydrogen-bond acceptors (Lipinski definition) is 4. The number of rotatable bonds is 7. The summed E-state index contributed by atoms with van der Waals surface area (Å²) in [5, 5.41) is 6.07. The summed E-state index contributed by atoms with van der Waals surface area (Å²) in [6, 6.07) is 0.229. The monoisotopic (exact) mass is 376 g/mol. The minimum absolute atomic E-state index is 0.119. The number of carbonyl (C=O) groups is 2. The predicted octanol–water partition coefficient (Wildman–Crippen LogP) is 2.44. The van der Waals surface area contributed by atoms with E-state index in [0.29, 0.717) is 24.7 Å². The molecule has 7 nitrogen and oxygen atoms in total. The second kappa shape index (κ2) is 9.88. The van der Waals surface area contributed by atoms with Gasteiger partial charge in [-0.3, -0.25) is 9.59 Å². The summed E-state index contributed by atoms with van der Waals surface area (Å²) >= 11 is 0. The van der Waals surface area contributed by atoms with E-state index in [1.165, 1.54) is 25.7 Å². The van der Waals surface area contributed by atoms with Crippen molar-refractivity contribution in [1.82, 2.24) is 20.2 Å². The molecule has 2 amide bonds. The Morgan fingerprint density at radius 2 is 1.89 bits per heavy atom. The molecule has 0 aromatic carbocycles. The molecule has 27 heavy (non-hydrogen) atoms. The molecular formula is C20H32N4O3. The topological polar surface area (TPSA) is 85.2 Å². The summed E-state index contributed by atoms with van der Waals surface area (Å²) in [5.74, 6) is 0.0434. The van der Waals surface area contributed by atoms with E-state index in [0.717, 1.165) is 50.8 Å². The largest absolute Gasteiger partial charge is 0.385 e. The molecule has 0 atom stereocenters. The highest BCUT2D eigenvalue weighted by atomic mass is 16.5.